The fraction of sp³-hybridized carbons (Fsp3) is 0.800. The van der Waals surface area contributed by atoms with Crippen LogP contribution in [-0.2, 0) is 0 Å². The maximum Gasteiger partial charge on any atom is 0.0161 e. The third-order valence-electron chi connectivity index (χ3n) is 2.17. The van der Waals surface area contributed by atoms with Crippen molar-refractivity contribution in [2.75, 3.05) is 39.8 Å². The fourth-order valence-corrected chi connectivity index (χ4v) is 1.03. The van der Waals surface area contributed by atoms with Crippen molar-refractivity contribution in [1.82, 2.24) is 9.80 Å². The Morgan fingerprint density at radius 2 is 1.83 bits per heavy atom. The van der Waals surface area contributed by atoms with Gasteiger partial charge < -0.3 is 4.90 Å². The Kier molecular flexibility index (Phi) is 7.11. The number of likely N-dealkylation sites (N-methyl/N-ethyl adjacent to an activating group) is 2. The molecule has 2 heteroatoms. The molecule has 72 valence electrons. The van der Waals surface area contributed by atoms with Gasteiger partial charge in [-0.3, -0.25) is 4.90 Å². The Morgan fingerprint density at radius 1 is 1.17 bits per heavy atom. The topological polar surface area (TPSA) is 6.48 Å². The van der Waals surface area contributed by atoms with Gasteiger partial charge in [-0.05, 0) is 20.1 Å². The summed E-state index contributed by atoms with van der Waals surface area (Å²) in [5.74, 6) is 0. The number of hydrogen-bond donors (Lipinski definition) is 0. The van der Waals surface area contributed by atoms with Gasteiger partial charge in [-0.15, -0.1) is 6.58 Å². The minimum Gasteiger partial charge on any atom is -0.305 e. The molecule has 12 heavy (non-hydrogen) atoms. The zero-order valence-electron chi connectivity index (χ0n) is 8.71. The van der Waals surface area contributed by atoms with Crippen molar-refractivity contribution in [2.45, 2.75) is 13.8 Å². The molecule has 0 aromatic heterocycles. The summed E-state index contributed by atoms with van der Waals surface area (Å²) in [6, 6.07) is 0. The summed E-state index contributed by atoms with van der Waals surface area (Å²) in [6.45, 7) is 13.7. The summed E-state index contributed by atoms with van der Waals surface area (Å²) in [5, 5.41) is 0. The van der Waals surface area contributed by atoms with E-state index >= 15 is 0 Å². The van der Waals surface area contributed by atoms with Crippen LogP contribution in [0.2, 0.25) is 0 Å². The van der Waals surface area contributed by atoms with Gasteiger partial charge in [-0.25, -0.2) is 0 Å². The van der Waals surface area contributed by atoms with Gasteiger partial charge in [-0.1, -0.05) is 19.9 Å². The van der Waals surface area contributed by atoms with E-state index in [1.54, 1.807) is 0 Å². The third-order valence-corrected chi connectivity index (χ3v) is 2.17. The van der Waals surface area contributed by atoms with E-state index in [-0.39, 0.29) is 0 Å². The van der Waals surface area contributed by atoms with Crippen molar-refractivity contribution >= 4 is 0 Å². The average molecular weight is 170 g/mol. The maximum absolute atomic E-state index is 3.74. The van der Waals surface area contributed by atoms with Crippen molar-refractivity contribution in [3.63, 3.8) is 0 Å². The molecule has 0 radical (unpaired) electrons. The highest BCUT2D eigenvalue weighted by Crippen LogP contribution is 1.89. The quantitative estimate of drug-likeness (QED) is 0.534. The predicted molar refractivity (Wildman–Crippen MR) is 55.5 cm³/mol. The van der Waals surface area contributed by atoms with Gasteiger partial charge >= 0.3 is 0 Å². The zero-order valence-corrected chi connectivity index (χ0v) is 8.71. The van der Waals surface area contributed by atoms with Crippen LogP contribution in [-0.4, -0.2) is 49.6 Å². The molecule has 0 N–H and O–H groups in total. The van der Waals surface area contributed by atoms with E-state index in [0.29, 0.717) is 0 Å². The van der Waals surface area contributed by atoms with Crippen LogP contribution < -0.4 is 0 Å². The van der Waals surface area contributed by atoms with Crippen molar-refractivity contribution in [1.29, 1.82) is 0 Å². The molecular formula is C10H22N2. The number of hydrogen-bond acceptors (Lipinski definition) is 2. The lowest BCUT2D eigenvalue weighted by molar-refractivity contribution is 0.255. The molecule has 0 saturated carbocycles. The minimum atomic E-state index is 1.01. The van der Waals surface area contributed by atoms with Crippen molar-refractivity contribution in [3.05, 3.63) is 12.7 Å². The van der Waals surface area contributed by atoms with Crippen LogP contribution in [0.5, 0.6) is 0 Å². The van der Waals surface area contributed by atoms with Gasteiger partial charge in [0.05, 0.1) is 0 Å². The van der Waals surface area contributed by atoms with Crippen LogP contribution in [0, 0.1) is 0 Å². The summed E-state index contributed by atoms with van der Waals surface area (Å²) in [6.07, 6.45) is 1.97. The van der Waals surface area contributed by atoms with E-state index in [0.717, 1.165) is 32.7 Å². The third kappa shape index (κ3) is 5.33. The highest BCUT2D eigenvalue weighted by atomic mass is 15.2. The minimum absolute atomic E-state index is 1.01. The van der Waals surface area contributed by atoms with Crippen LogP contribution in [0.4, 0.5) is 0 Å². The molecule has 0 heterocycles. The first-order valence-corrected chi connectivity index (χ1v) is 4.76. The molecular weight excluding hydrogens is 148 g/mol. The Morgan fingerprint density at radius 3 is 2.25 bits per heavy atom. The van der Waals surface area contributed by atoms with Crippen molar-refractivity contribution < 1.29 is 0 Å². The Labute approximate surface area is 76.9 Å². The fourth-order valence-electron chi connectivity index (χ4n) is 1.03. The van der Waals surface area contributed by atoms with Gasteiger partial charge in [0, 0.05) is 19.6 Å². The summed E-state index contributed by atoms with van der Waals surface area (Å²) in [5.41, 5.74) is 0. The van der Waals surface area contributed by atoms with Crippen LogP contribution in [0.1, 0.15) is 13.8 Å². The maximum atomic E-state index is 3.74. The summed E-state index contributed by atoms with van der Waals surface area (Å²) >= 11 is 0. The molecule has 0 bridgehead atoms. The average Bonchev–Trinajstić information content (AvgIpc) is 2.11. The van der Waals surface area contributed by atoms with E-state index in [1.807, 2.05) is 6.08 Å². The molecule has 0 spiro atoms. The second-order valence-electron chi connectivity index (χ2n) is 3.08. The van der Waals surface area contributed by atoms with E-state index < -0.39 is 0 Å². The SMILES string of the molecule is C=CCN(CC)CCN(C)CC. The molecule has 0 aliphatic rings. The monoisotopic (exact) mass is 170 g/mol. The molecule has 0 aromatic carbocycles. The molecule has 0 rings (SSSR count). The molecule has 0 unspecified atom stereocenters. The van der Waals surface area contributed by atoms with Crippen LogP contribution in [0.15, 0.2) is 12.7 Å². The lowest BCUT2D eigenvalue weighted by Crippen LogP contribution is -2.33. The van der Waals surface area contributed by atoms with Crippen molar-refractivity contribution in [3.8, 4) is 0 Å². The molecule has 0 fully saturated rings. The molecule has 0 aliphatic carbocycles. The van der Waals surface area contributed by atoms with E-state index in [1.165, 1.54) is 0 Å². The summed E-state index contributed by atoms with van der Waals surface area (Å²) in [4.78, 5) is 4.71. The molecule has 0 aliphatic heterocycles. The predicted octanol–water partition coefficient (Wildman–Crippen LogP) is 1.45. The van der Waals surface area contributed by atoms with E-state index in [4.69, 9.17) is 0 Å². The van der Waals surface area contributed by atoms with Gasteiger partial charge in [0.1, 0.15) is 0 Å². The van der Waals surface area contributed by atoms with E-state index in [9.17, 15) is 0 Å². The van der Waals surface area contributed by atoms with Gasteiger partial charge in [0.2, 0.25) is 0 Å². The highest BCUT2D eigenvalue weighted by Gasteiger charge is 2.00. The van der Waals surface area contributed by atoms with Crippen LogP contribution in [0.3, 0.4) is 0 Å². The smallest absolute Gasteiger partial charge is 0.0161 e. The highest BCUT2D eigenvalue weighted by molar-refractivity contribution is 4.73. The van der Waals surface area contributed by atoms with Crippen molar-refractivity contribution in [2.24, 2.45) is 0 Å². The van der Waals surface area contributed by atoms with Gasteiger partial charge in [0.25, 0.3) is 0 Å². The summed E-state index contributed by atoms with van der Waals surface area (Å²) < 4.78 is 0. The normalized spacial score (nSPS) is 11.1. The van der Waals surface area contributed by atoms with E-state index in [2.05, 4.69) is 37.3 Å². The Balaban J connectivity index is 3.49. The Hall–Kier alpha value is -0.340. The molecule has 0 atom stereocenters. The Bertz CT molecular complexity index is 112. The van der Waals surface area contributed by atoms with Gasteiger partial charge in [-0.2, -0.15) is 0 Å². The first kappa shape index (κ1) is 11.7. The molecule has 0 amide bonds. The van der Waals surface area contributed by atoms with Crippen LogP contribution >= 0.6 is 0 Å². The lowest BCUT2D eigenvalue weighted by atomic mass is 10.4. The largest absolute Gasteiger partial charge is 0.305 e. The van der Waals surface area contributed by atoms with Crippen LogP contribution in [0.25, 0.3) is 0 Å². The lowest BCUT2D eigenvalue weighted by Gasteiger charge is -2.22. The number of rotatable bonds is 7. The summed E-state index contributed by atoms with van der Waals surface area (Å²) in [7, 11) is 2.15. The molecule has 2 nitrogen and oxygen atoms in total. The second kappa shape index (κ2) is 7.32. The molecule has 0 saturated heterocycles. The zero-order chi connectivity index (χ0) is 9.40. The van der Waals surface area contributed by atoms with Gasteiger partial charge in [0.15, 0.2) is 0 Å². The first-order chi connectivity index (χ1) is 5.74. The first-order valence-electron chi connectivity index (χ1n) is 4.76. The standard InChI is InChI=1S/C10H22N2/c1-5-8-12(7-3)10-9-11(4)6-2/h5H,1,6-10H2,2-4H3. The molecule has 0 aromatic rings. The second-order valence-corrected chi connectivity index (χ2v) is 3.08. The number of nitrogens with zero attached hydrogens (tertiary/aromatic N) is 2.